The average Bonchev–Trinajstić information content (AvgIpc) is 2.81. The van der Waals surface area contributed by atoms with E-state index < -0.39 is 0 Å². The minimum Gasteiger partial charge on any atom is -0.377 e. The maximum absolute atomic E-state index is 5.92. The molecule has 0 fully saturated rings. The summed E-state index contributed by atoms with van der Waals surface area (Å²) >= 11 is 0. The number of fused-ring (bicyclic) bond motifs is 1. The molecule has 0 spiro atoms. The maximum Gasteiger partial charge on any atom is 0.111 e. The highest BCUT2D eigenvalue weighted by Gasteiger charge is 2.22. The molecule has 21 heavy (non-hydrogen) atoms. The number of likely N-dealkylation sites (N-methyl/N-ethyl adjacent to an activating group) is 1. The molecule has 4 nitrogen and oxygen atoms in total. The van der Waals surface area contributed by atoms with E-state index in [0.717, 1.165) is 37.2 Å². The number of hydrogen-bond donors (Lipinski definition) is 1. The molecule has 0 amide bonds. The number of aromatic nitrogens is 2. The van der Waals surface area contributed by atoms with Gasteiger partial charge in [-0.2, -0.15) is 0 Å². The van der Waals surface area contributed by atoms with Gasteiger partial charge in [-0.25, -0.2) is 4.98 Å². The van der Waals surface area contributed by atoms with Gasteiger partial charge in [-0.05, 0) is 32.5 Å². The summed E-state index contributed by atoms with van der Waals surface area (Å²) in [7, 11) is 4.10. The topological polar surface area (TPSA) is 39.1 Å². The number of ether oxygens (including phenoxy) is 1. The summed E-state index contributed by atoms with van der Waals surface area (Å²) in [5.41, 5.74) is 2.25. The molecule has 0 aliphatic carbocycles. The Balaban J connectivity index is 2.21. The Morgan fingerprint density at radius 3 is 2.67 bits per heavy atom. The first-order valence-electron chi connectivity index (χ1n) is 7.90. The van der Waals surface area contributed by atoms with Gasteiger partial charge in [0.2, 0.25) is 0 Å². The fourth-order valence-electron chi connectivity index (χ4n) is 2.89. The number of imidazole rings is 1. The first-order chi connectivity index (χ1) is 10.2. The highest BCUT2D eigenvalue weighted by atomic mass is 16.5. The van der Waals surface area contributed by atoms with E-state index >= 15 is 0 Å². The highest BCUT2D eigenvalue weighted by Crippen LogP contribution is 2.18. The summed E-state index contributed by atoms with van der Waals surface area (Å²) in [6.07, 6.45) is 3.32. The Kier molecular flexibility index (Phi) is 5.76. The average molecular weight is 289 g/mol. The zero-order valence-corrected chi connectivity index (χ0v) is 13.6. The van der Waals surface area contributed by atoms with Gasteiger partial charge in [0, 0.05) is 26.1 Å². The van der Waals surface area contributed by atoms with Gasteiger partial charge in [-0.3, -0.25) is 0 Å². The van der Waals surface area contributed by atoms with Crippen molar-refractivity contribution in [1.82, 2.24) is 14.9 Å². The summed E-state index contributed by atoms with van der Waals surface area (Å²) in [6, 6.07) is 8.57. The van der Waals surface area contributed by atoms with Crippen LogP contribution in [-0.4, -0.2) is 35.4 Å². The van der Waals surface area contributed by atoms with Crippen molar-refractivity contribution in [2.75, 3.05) is 13.7 Å². The predicted molar refractivity (Wildman–Crippen MR) is 87.6 cm³/mol. The Labute approximate surface area is 127 Å². The van der Waals surface area contributed by atoms with Crippen molar-refractivity contribution >= 4 is 11.0 Å². The molecule has 0 saturated heterocycles. The number of aryl methyl sites for hydroxylation is 1. The molecule has 0 radical (unpaired) electrons. The molecule has 2 rings (SSSR count). The molecule has 4 heteroatoms. The first kappa shape index (κ1) is 16.0. The summed E-state index contributed by atoms with van der Waals surface area (Å²) in [5, 5.41) is 3.41. The number of nitrogens with one attached hydrogen (secondary N) is 1. The second-order valence-corrected chi connectivity index (χ2v) is 5.46. The van der Waals surface area contributed by atoms with Crippen LogP contribution in [0.25, 0.3) is 11.0 Å². The fraction of sp³-hybridized carbons (Fsp3) is 0.588. The molecular formula is C17H27N3O. The van der Waals surface area contributed by atoms with Crippen molar-refractivity contribution in [3.05, 3.63) is 30.1 Å². The van der Waals surface area contributed by atoms with Gasteiger partial charge in [-0.1, -0.05) is 25.5 Å². The van der Waals surface area contributed by atoms with Crippen molar-refractivity contribution in [3.8, 4) is 0 Å². The lowest BCUT2D eigenvalue weighted by atomic mass is 10.0. The van der Waals surface area contributed by atoms with Crippen LogP contribution in [0, 0.1) is 0 Å². The number of para-hydroxylation sites is 2. The predicted octanol–water partition coefficient (Wildman–Crippen LogP) is 2.91. The van der Waals surface area contributed by atoms with Gasteiger partial charge in [0.05, 0.1) is 17.1 Å². The Bertz CT molecular complexity index is 558. The van der Waals surface area contributed by atoms with E-state index in [2.05, 4.69) is 49.0 Å². The molecule has 0 bridgehead atoms. The van der Waals surface area contributed by atoms with Crippen LogP contribution >= 0.6 is 0 Å². The van der Waals surface area contributed by atoms with Crippen molar-refractivity contribution in [2.24, 2.45) is 7.05 Å². The van der Waals surface area contributed by atoms with Crippen molar-refractivity contribution in [1.29, 1.82) is 0 Å². The van der Waals surface area contributed by atoms with Crippen LogP contribution < -0.4 is 5.32 Å². The number of rotatable bonds is 8. The quantitative estimate of drug-likeness (QED) is 0.812. The second kappa shape index (κ2) is 7.57. The SMILES string of the molecule is CCCC(OCC)C(Cc1nc2ccccc2n1C)NC. The summed E-state index contributed by atoms with van der Waals surface area (Å²) in [4.78, 5) is 4.77. The molecule has 0 aliphatic rings. The van der Waals surface area contributed by atoms with Crippen LogP contribution in [-0.2, 0) is 18.2 Å². The lowest BCUT2D eigenvalue weighted by molar-refractivity contribution is 0.0295. The normalized spacial score (nSPS) is 14.5. The highest BCUT2D eigenvalue weighted by molar-refractivity contribution is 5.75. The molecular weight excluding hydrogens is 262 g/mol. The molecule has 0 aliphatic heterocycles. The summed E-state index contributed by atoms with van der Waals surface area (Å²) in [5.74, 6) is 1.11. The van der Waals surface area contributed by atoms with Crippen molar-refractivity contribution in [3.63, 3.8) is 0 Å². The number of nitrogens with zero attached hydrogens (tertiary/aromatic N) is 2. The molecule has 1 aromatic carbocycles. The van der Waals surface area contributed by atoms with Crippen LogP contribution in [0.3, 0.4) is 0 Å². The van der Waals surface area contributed by atoms with Gasteiger partial charge >= 0.3 is 0 Å². The molecule has 116 valence electrons. The molecule has 0 saturated carbocycles. The molecule has 2 atom stereocenters. The zero-order valence-electron chi connectivity index (χ0n) is 13.6. The van der Waals surface area contributed by atoms with Gasteiger partial charge in [0.15, 0.2) is 0 Å². The third-order valence-corrected chi connectivity index (χ3v) is 4.06. The van der Waals surface area contributed by atoms with Gasteiger partial charge < -0.3 is 14.6 Å². The first-order valence-corrected chi connectivity index (χ1v) is 7.90. The van der Waals surface area contributed by atoms with E-state index in [0.29, 0.717) is 6.04 Å². The monoisotopic (exact) mass is 289 g/mol. The van der Waals surface area contributed by atoms with Gasteiger partial charge in [0.25, 0.3) is 0 Å². The van der Waals surface area contributed by atoms with E-state index in [1.165, 1.54) is 5.52 Å². The van der Waals surface area contributed by atoms with Crippen LogP contribution in [0.4, 0.5) is 0 Å². The summed E-state index contributed by atoms with van der Waals surface area (Å²) < 4.78 is 8.11. The maximum atomic E-state index is 5.92. The molecule has 1 N–H and O–H groups in total. The largest absolute Gasteiger partial charge is 0.377 e. The Morgan fingerprint density at radius 2 is 2.05 bits per heavy atom. The van der Waals surface area contributed by atoms with Gasteiger partial charge in [-0.15, -0.1) is 0 Å². The minimum absolute atomic E-state index is 0.241. The van der Waals surface area contributed by atoms with E-state index in [1.807, 2.05) is 13.1 Å². The molecule has 1 heterocycles. The van der Waals surface area contributed by atoms with E-state index in [-0.39, 0.29) is 6.10 Å². The van der Waals surface area contributed by atoms with Crippen LogP contribution in [0.15, 0.2) is 24.3 Å². The fourth-order valence-corrected chi connectivity index (χ4v) is 2.89. The second-order valence-electron chi connectivity index (χ2n) is 5.46. The van der Waals surface area contributed by atoms with Crippen LogP contribution in [0.5, 0.6) is 0 Å². The van der Waals surface area contributed by atoms with E-state index in [1.54, 1.807) is 0 Å². The third kappa shape index (κ3) is 3.63. The lowest BCUT2D eigenvalue weighted by Crippen LogP contribution is -2.41. The van der Waals surface area contributed by atoms with Gasteiger partial charge in [0.1, 0.15) is 5.82 Å². The van der Waals surface area contributed by atoms with Crippen molar-refractivity contribution < 1.29 is 4.74 Å². The number of benzene rings is 1. The van der Waals surface area contributed by atoms with E-state index in [9.17, 15) is 0 Å². The molecule has 1 aromatic heterocycles. The molecule has 2 unspecified atom stereocenters. The van der Waals surface area contributed by atoms with Crippen LogP contribution in [0.1, 0.15) is 32.5 Å². The Morgan fingerprint density at radius 1 is 1.29 bits per heavy atom. The summed E-state index contributed by atoms with van der Waals surface area (Å²) in [6.45, 7) is 5.02. The Hall–Kier alpha value is -1.39. The zero-order chi connectivity index (χ0) is 15.2. The third-order valence-electron chi connectivity index (χ3n) is 4.06. The smallest absolute Gasteiger partial charge is 0.111 e. The standard InChI is InChI=1S/C17H27N3O/c1-5-9-16(21-6-2)14(18-3)12-17-19-13-10-7-8-11-15(13)20(17)4/h7-8,10-11,14,16,18H,5-6,9,12H2,1-4H3. The lowest BCUT2D eigenvalue weighted by Gasteiger charge is -2.26. The number of hydrogen-bond acceptors (Lipinski definition) is 3. The van der Waals surface area contributed by atoms with Crippen molar-refractivity contribution in [2.45, 2.75) is 45.3 Å². The molecule has 2 aromatic rings. The van der Waals surface area contributed by atoms with E-state index in [4.69, 9.17) is 9.72 Å². The van der Waals surface area contributed by atoms with Crippen LogP contribution in [0.2, 0.25) is 0 Å². The minimum atomic E-state index is 0.241.